The topological polar surface area (TPSA) is 155 Å². The lowest BCUT2D eigenvalue weighted by Crippen LogP contribution is -2.51. The standard InChI is InChI=1S/C29H35N9O4/c1-20-23(35-38(34-20)22-12-8-5-9-13-22)19-42-28(40)36-14-15-37-25(16-36)32-33-26(37)24(31-27(39)29(2,3)30)18-41-17-21-10-6-4-7-11-21/h4-13,24H,14-19,30H2,1-3H3,(H,31,39)/t24-/m1/s1. The largest absolute Gasteiger partial charge is 0.443 e. The zero-order valence-electron chi connectivity index (χ0n) is 23.9. The number of nitrogens with two attached hydrogens (primary N) is 1. The number of rotatable bonds is 10. The van der Waals surface area contributed by atoms with Gasteiger partial charge in [-0.05, 0) is 38.5 Å². The van der Waals surface area contributed by atoms with E-state index in [-0.39, 0.29) is 25.7 Å². The molecule has 0 bridgehead atoms. The van der Waals surface area contributed by atoms with Crippen LogP contribution in [0.4, 0.5) is 4.79 Å². The number of para-hydroxylation sites is 1. The van der Waals surface area contributed by atoms with E-state index in [0.717, 1.165) is 11.3 Å². The first-order chi connectivity index (χ1) is 20.2. The van der Waals surface area contributed by atoms with E-state index in [0.29, 0.717) is 42.7 Å². The van der Waals surface area contributed by atoms with Crippen molar-refractivity contribution in [3.8, 4) is 5.69 Å². The van der Waals surface area contributed by atoms with Gasteiger partial charge in [0.15, 0.2) is 11.6 Å². The predicted octanol–water partition coefficient (Wildman–Crippen LogP) is 2.43. The maximum atomic E-state index is 12.9. The Labute approximate surface area is 243 Å². The highest BCUT2D eigenvalue weighted by atomic mass is 16.6. The first-order valence-electron chi connectivity index (χ1n) is 13.7. The number of nitrogens with one attached hydrogen (secondary N) is 1. The van der Waals surface area contributed by atoms with Crippen LogP contribution in [0.15, 0.2) is 60.7 Å². The lowest BCUT2D eigenvalue weighted by molar-refractivity contribution is -0.126. The molecule has 0 unspecified atom stereocenters. The zero-order valence-corrected chi connectivity index (χ0v) is 23.9. The van der Waals surface area contributed by atoms with Crippen LogP contribution < -0.4 is 11.1 Å². The zero-order chi connectivity index (χ0) is 29.7. The number of benzene rings is 2. The first-order valence-corrected chi connectivity index (χ1v) is 13.7. The molecule has 0 aliphatic carbocycles. The highest BCUT2D eigenvalue weighted by Gasteiger charge is 2.32. The number of hydrogen-bond donors (Lipinski definition) is 2. The minimum atomic E-state index is -1.09. The molecule has 1 atom stereocenters. The Morgan fingerprint density at radius 1 is 1.00 bits per heavy atom. The van der Waals surface area contributed by atoms with Crippen LogP contribution in [0.1, 0.15) is 48.5 Å². The van der Waals surface area contributed by atoms with Gasteiger partial charge in [0.1, 0.15) is 18.3 Å². The van der Waals surface area contributed by atoms with E-state index in [1.54, 1.807) is 18.7 Å². The van der Waals surface area contributed by atoms with Crippen LogP contribution in [0, 0.1) is 6.92 Å². The Bertz CT molecular complexity index is 1510. The van der Waals surface area contributed by atoms with Gasteiger partial charge in [-0.1, -0.05) is 48.5 Å². The summed E-state index contributed by atoms with van der Waals surface area (Å²) in [6.45, 7) is 6.64. The van der Waals surface area contributed by atoms with Crippen molar-refractivity contribution in [3.05, 3.63) is 89.3 Å². The molecule has 2 aromatic carbocycles. The average molecular weight is 574 g/mol. The molecule has 0 spiro atoms. The Hall–Kier alpha value is -4.62. The Kier molecular flexibility index (Phi) is 8.59. The molecule has 2 aromatic heterocycles. The summed E-state index contributed by atoms with van der Waals surface area (Å²) >= 11 is 0. The van der Waals surface area contributed by atoms with Crippen molar-refractivity contribution in [3.63, 3.8) is 0 Å². The van der Waals surface area contributed by atoms with Crippen LogP contribution in [-0.4, -0.2) is 65.3 Å². The molecular weight excluding hydrogens is 538 g/mol. The number of ether oxygens (including phenoxy) is 2. The minimum Gasteiger partial charge on any atom is -0.443 e. The minimum absolute atomic E-state index is 0.00628. The van der Waals surface area contributed by atoms with E-state index < -0.39 is 17.7 Å². The normalized spacial score (nSPS) is 13.9. The Balaban J connectivity index is 1.23. The molecule has 3 heterocycles. The molecule has 4 aromatic rings. The number of hydrogen-bond acceptors (Lipinski definition) is 9. The molecule has 0 saturated heterocycles. The molecule has 0 radical (unpaired) electrons. The summed E-state index contributed by atoms with van der Waals surface area (Å²) in [7, 11) is 0. The number of nitrogens with zero attached hydrogens (tertiary/aromatic N) is 7. The van der Waals surface area contributed by atoms with Gasteiger partial charge in [-0.15, -0.1) is 15.3 Å². The van der Waals surface area contributed by atoms with Crippen molar-refractivity contribution in [1.29, 1.82) is 0 Å². The highest BCUT2D eigenvalue weighted by Crippen LogP contribution is 2.20. The summed E-state index contributed by atoms with van der Waals surface area (Å²) in [5.74, 6) is 0.777. The van der Waals surface area contributed by atoms with Gasteiger partial charge < -0.3 is 25.1 Å². The molecule has 0 saturated carbocycles. The van der Waals surface area contributed by atoms with Gasteiger partial charge in [0, 0.05) is 13.1 Å². The first kappa shape index (κ1) is 28.9. The van der Waals surface area contributed by atoms with E-state index in [1.165, 1.54) is 4.80 Å². The summed E-state index contributed by atoms with van der Waals surface area (Å²) < 4.78 is 13.4. The molecule has 0 fully saturated rings. The van der Waals surface area contributed by atoms with Crippen LogP contribution in [0.3, 0.4) is 0 Å². The van der Waals surface area contributed by atoms with Gasteiger partial charge in [-0.25, -0.2) is 4.79 Å². The monoisotopic (exact) mass is 573 g/mol. The molecule has 220 valence electrons. The second-order valence-electron chi connectivity index (χ2n) is 10.7. The smallest absolute Gasteiger partial charge is 0.410 e. The van der Waals surface area contributed by atoms with Gasteiger partial charge >= 0.3 is 6.09 Å². The van der Waals surface area contributed by atoms with Crippen molar-refractivity contribution < 1.29 is 19.1 Å². The molecule has 3 N–H and O–H groups in total. The molecule has 2 amide bonds. The molecule has 1 aliphatic rings. The van der Waals surface area contributed by atoms with Crippen molar-refractivity contribution in [2.24, 2.45) is 5.73 Å². The maximum absolute atomic E-state index is 12.9. The maximum Gasteiger partial charge on any atom is 0.410 e. The van der Waals surface area contributed by atoms with Crippen LogP contribution in [-0.2, 0) is 40.6 Å². The summed E-state index contributed by atoms with van der Waals surface area (Å²) in [5, 5.41) is 20.5. The lowest BCUT2D eigenvalue weighted by atomic mass is 10.1. The van der Waals surface area contributed by atoms with Gasteiger partial charge in [0.05, 0.1) is 36.7 Å². The van der Waals surface area contributed by atoms with Crippen LogP contribution in [0.5, 0.6) is 0 Å². The van der Waals surface area contributed by atoms with Crippen molar-refractivity contribution in [2.75, 3.05) is 13.2 Å². The number of amides is 2. The number of aromatic nitrogens is 6. The van der Waals surface area contributed by atoms with Crippen LogP contribution in [0.25, 0.3) is 5.69 Å². The SMILES string of the molecule is Cc1nn(-c2ccccc2)nc1COC(=O)N1CCn2c(nnc2[C@@H](COCc2ccccc2)NC(=O)C(C)(C)N)C1. The van der Waals surface area contributed by atoms with Crippen molar-refractivity contribution >= 4 is 12.0 Å². The van der Waals surface area contributed by atoms with Gasteiger partial charge in [-0.2, -0.15) is 9.90 Å². The quantitative estimate of drug-likeness (QED) is 0.291. The number of fused-ring (bicyclic) bond motifs is 1. The van der Waals surface area contributed by atoms with Crippen molar-refractivity contribution in [1.82, 2.24) is 40.0 Å². The third-order valence-electron chi connectivity index (χ3n) is 6.84. The van der Waals surface area contributed by atoms with E-state index >= 15 is 0 Å². The van der Waals surface area contributed by atoms with E-state index in [1.807, 2.05) is 72.2 Å². The van der Waals surface area contributed by atoms with Gasteiger partial charge in [0.2, 0.25) is 5.91 Å². The fourth-order valence-electron chi connectivity index (χ4n) is 4.43. The van der Waals surface area contributed by atoms with E-state index in [9.17, 15) is 9.59 Å². The summed E-state index contributed by atoms with van der Waals surface area (Å²) in [6.07, 6.45) is -0.486. The molecule has 13 heteroatoms. The average Bonchev–Trinajstić information content (AvgIpc) is 3.58. The summed E-state index contributed by atoms with van der Waals surface area (Å²) in [4.78, 5) is 28.8. The van der Waals surface area contributed by atoms with E-state index in [2.05, 4.69) is 25.7 Å². The second-order valence-corrected chi connectivity index (χ2v) is 10.7. The van der Waals surface area contributed by atoms with Gasteiger partial charge in [0.25, 0.3) is 0 Å². The fourth-order valence-corrected chi connectivity index (χ4v) is 4.43. The molecule has 5 rings (SSSR count). The summed E-state index contributed by atoms with van der Waals surface area (Å²) in [6, 6.07) is 18.7. The second kappa shape index (κ2) is 12.5. The summed E-state index contributed by atoms with van der Waals surface area (Å²) in [5.41, 5.74) is 8.03. The number of carbonyl (C=O) groups is 2. The number of aryl methyl sites for hydroxylation is 1. The van der Waals surface area contributed by atoms with Crippen molar-refractivity contribution in [2.45, 2.75) is 58.7 Å². The molecule has 42 heavy (non-hydrogen) atoms. The van der Waals surface area contributed by atoms with E-state index in [4.69, 9.17) is 15.2 Å². The predicted molar refractivity (Wildman–Crippen MR) is 152 cm³/mol. The van der Waals surface area contributed by atoms with Crippen LogP contribution in [0.2, 0.25) is 0 Å². The van der Waals surface area contributed by atoms with Gasteiger partial charge in [-0.3, -0.25) is 9.69 Å². The third kappa shape index (κ3) is 6.81. The van der Waals surface area contributed by atoms with Crippen LogP contribution >= 0.6 is 0 Å². The molecule has 13 nitrogen and oxygen atoms in total. The molecular formula is C29H35N9O4. The number of carbonyl (C=O) groups excluding carboxylic acids is 2. The lowest BCUT2D eigenvalue weighted by Gasteiger charge is -2.29. The fraction of sp³-hybridized carbons (Fsp3) is 0.379. The molecule has 1 aliphatic heterocycles. The Morgan fingerprint density at radius 2 is 1.71 bits per heavy atom. The highest BCUT2D eigenvalue weighted by molar-refractivity contribution is 5.85. The third-order valence-corrected chi connectivity index (χ3v) is 6.84. The Morgan fingerprint density at radius 3 is 2.43 bits per heavy atom.